The molecule has 2 aromatic rings. The standard InChI is InChI=1S/C30H34FN5O5/c1-38-26-16-23(30(37)36-7-4-21(5-8-36)35-9-12-39-13-10-35)24(31)14-20(26)15-27-33-25-3-2-19(17-32)28(25)29(34-27)41-22-6-11-40-18-22/h2,14,16,21-22H,3-13,15,18H2,1H3/t22-/m0/s1. The zero-order valence-electron chi connectivity index (χ0n) is 23.2. The van der Waals surface area contributed by atoms with Crippen molar-refractivity contribution in [3.63, 3.8) is 0 Å². The molecular weight excluding hydrogens is 529 g/mol. The van der Waals surface area contributed by atoms with Gasteiger partial charge in [-0.2, -0.15) is 10.2 Å². The van der Waals surface area contributed by atoms with Crippen molar-refractivity contribution in [2.75, 3.05) is 59.7 Å². The highest BCUT2D eigenvalue weighted by atomic mass is 19.1. The number of fused-ring (bicyclic) bond motifs is 1. The first-order valence-corrected chi connectivity index (χ1v) is 14.3. The van der Waals surface area contributed by atoms with E-state index in [1.54, 1.807) is 4.90 Å². The number of benzene rings is 1. The van der Waals surface area contributed by atoms with Gasteiger partial charge in [-0.15, -0.1) is 0 Å². The van der Waals surface area contributed by atoms with Crippen molar-refractivity contribution in [2.45, 2.75) is 44.2 Å². The largest absolute Gasteiger partial charge is 0.496 e. The van der Waals surface area contributed by atoms with E-state index in [1.807, 2.05) is 6.08 Å². The van der Waals surface area contributed by atoms with Crippen molar-refractivity contribution >= 4 is 11.5 Å². The smallest absolute Gasteiger partial charge is 0.256 e. The quantitative estimate of drug-likeness (QED) is 0.502. The van der Waals surface area contributed by atoms with Crippen molar-refractivity contribution < 1.29 is 28.1 Å². The summed E-state index contributed by atoms with van der Waals surface area (Å²) >= 11 is 0. The van der Waals surface area contributed by atoms with Gasteiger partial charge in [0.05, 0.1) is 62.0 Å². The lowest BCUT2D eigenvalue weighted by atomic mass is 10.0. The van der Waals surface area contributed by atoms with Gasteiger partial charge in [0.15, 0.2) is 0 Å². The number of piperidine rings is 1. The lowest BCUT2D eigenvalue weighted by molar-refractivity contribution is 0.00154. The topological polar surface area (TPSA) is 110 Å². The molecule has 1 aromatic carbocycles. The number of likely N-dealkylation sites (tertiary alicyclic amines) is 1. The maximum Gasteiger partial charge on any atom is 0.256 e. The molecule has 4 aliphatic rings. The number of methoxy groups -OCH3 is 1. The van der Waals surface area contributed by atoms with Gasteiger partial charge < -0.3 is 23.8 Å². The number of allylic oxidation sites excluding steroid dienone is 2. The fourth-order valence-corrected chi connectivity index (χ4v) is 6.09. The molecule has 6 rings (SSSR count). The van der Waals surface area contributed by atoms with Crippen LogP contribution in [0.1, 0.15) is 52.3 Å². The van der Waals surface area contributed by atoms with Crippen LogP contribution in [0.4, 0.5) is 4.39 Å². The second kappa shape index (κ2) is 12.1. The van der Waals surface area contributed by atoms with Crippen LogP contribution < -0.4 is 9.47 Å². The van der Waals surface area contributed by atoms with Crippen molar-refractivity contribution in [2.24, 2.45) is 0 Å². The molecule has 0 spiro atoms. The molecular formula is C30H34FN5O5. The van der Waals surface area contributed by atoms with E-state index in [4.69, 9.17) is 18.9 Å². The van der Waals surface area contributed by atoms with E-state index in [9.17, 15) is 10.1 Å². The summed E-state index contributed by atoms with van der Waals surface area (Å²) < 4.78 is 38.1. The molecule has 4 heterocycles. The number of hydrogen-bond donors (Lipinski definition) is 0. The Morgan fingerprint density at radius 2 is 1.93 bits per heavy atom. The van der Waals surface area contributed by atoms with Crippen LogP contribution in [0.25, 0.3) is 5.57 Å². The minimum Gasteiger partial charge on any atom is -0.496 e. The molecule has 41 heavy (non-hydrogen) atoms. The van der Waals surface area contributed by atoms with E-state index in [0.29, 0.717) is 78.6 Å². The number of nitriles is 1. The maximum atomic E-state index is 15.5. The SMILES string of the molecule is COc1cc(C(=O)N2CCC(N3CCOCC3)CC2)c(F)cc1Cc1nc2c(c(O[C@H]3CCOC3)n1)C(C#N)=CC2. The van der Waals surface area contributed by atoms with Crippen LogP contribution in [-0.2, 0) is 22.3 Å². The number of aromatic nitrogens is 2. The number of rotatable bonds is 7. The summed E-state index contributed by atoms with van der Waals surface area (Å²) in [4.78, 5) is 26.8. The van der Waals surface area contributed by atoms with E-state index < -0.39 is 5.82 Å². The van der Waals surface area contributed by atoms with E-state index in [0.717, 1.165) is 45.6 Å². The Morgan fingerprint density at radius 3 is 2.63 bits per heavy atom. The summed E-state index contributed by atoms with van der Waals surface area (Å²) in [5, 5.41) is 9.59. The lowest BCUT2D eigenvalue weighted by Crippen LogP contribution is -2.50. The minimum absolute atomic E-state index is 0.00147. The molecule has 3 fully saturated rings. The fraction of sp³-hybridized carbons (Fsp3) is 0.533. The van der Waals surface area contributed by atoms with Gasteiger partial charge in [0.25, 0.3) is 5.91 Å². The molecule has 0 bridgehead atoms. The third-order valence-corrected chi connectivity index (χ3v) is 8.32. The van der Waals surface area contributed by atoms with E-state index in [-0.39, 0.29) is 24.0 Å². The van der Waals surface area contributed by atoms with Crippen LogP contribution in [0.2, 0.25) is 0 Å². The number of amides is 1. The van der Waals surface area contributed by atoms with Gasteiger partial charge in [-0.1, -0.05) is 6.08 Å². The summed E-state index contributed by atoms with van der Waals surface area (Å²) in [5.74, 6) is 0.232. The fourth-order valence-electron chi connectivity index (χ4n) is 6.09. The average molecular weight is 564 g/mol. The molecule has 0 N–H and O–H groups in total. The first kappa shape index (κ1) is 27.6. The summed E-state index contributed by atoms with van der Waals surface area (Å²) in [6, 6.07) is 5.45. The molecule has 11 heteroatoms. The normalized spacial score (nSPS) is 21.3. The van der Waals surface area contributed by atoms with Gasteiger partial charge in [0.2, 0.25) is 5.88 Å². The highest BCUT2D eigenvalue weighted by molar-refractivity contribution is 5.95. The van der Waals surface area contributed by atoms with Gasteiger partial charge in [0.1, 0.15) is 23.5 Å². The number of hydrogen-bond acceptors (Lipinski definition) is 9. The van der Waals surface area contributed by atoms with Crippen LogP contribution in [0.15, 0.2) is 18.2 Å². The van der Waals surface area contributed by atoms with E-state index in [1.165, 1.54) is 19.2 Å². The minimum atomic E-state index is -0.602. The average Bonchev–Trinajstić information content (AvgIpc) is 3.67. The van der Waals surface area contributed by atoms with Crippen LogP contribution >= 0.6 is 0 Å². The Hall–Kier alpha value is -3.59. The third kappa shape index (κ3) is 5.77. The van der Waals surface area contributed by atoms with E-state index >= 15 is 4.39 Å². The zero-order chi connectivity index (χ0) is 28.3. The second-order valence-electron chi connectivity index (χ2n) is 10.8. The molecule has 3 aliphatic heterocycles. The van der Waals surface area contributed by atoms with Gasteiger partial charge in [-0.3, -0.25) is 9.69 Å². The van der Waals surface area contributed by atoms with Crippen LogP contribution in [0.5, 0.6) is 11.6 Å². The molecule has 1 aliphatic carbocycles. The summed E-state index contributed by atoms with van der Waals surface area (Å²) in [5.41, 5.74) is 2.32. The van der Waals surface area contributed by atoms with Gasteiger partial charge in [-0.05, 0) is 25.0 Å². The number of carbonyl (C=O) groups is 1. The molecule has 1 amide bonds. The first-order chi connectivity index (χ1) is 20.0. The van der Waals surface area contributed by atoms with E-state index in [2.05, 4.69) is 20.9 Å². The first-order valence-electron chi connectivity index (χ1n) is 14.3. The molecule has 0 saturated carbocycles. The van der Waals surface area contributed by atoms with Crippen molar-refractivity contribution in [1.29, 1.82) is 5.26 Å². The Labute approximate surface area is 238 Å². The monoisotopic (exact) mass is 563 g/mol. The highest BCUT2D eigenvalue weighted by Crippen LogP contribution is 2.35. The number of morpholine rings is 1. The molecule has 0 unspecified atom stereocenters. The van der Waals surface area contributed by atoms with Crippen molar-refractivity contribution in [3.05, 3.63) is 52.2 Å². The van der Waals surface area contributed by atoms with Crippen LogP contribution in [-0.4, -0.2) is 97.5 Å². The number of halogens is 1. The van der Waals surface area contributed by atoms with Gasteiger partial charge >= 0.3 is 0 Å². The van der Waals surface area contributed by atoms with Crippen LogP contribution in [0, 0.1) is 17.1 Å². The maximum absolute atomic E-state index is 15.5. The zero-order valence-corrected chi connectivity index (χ0v) is 23.2. The molecule has 216 valence electrons. The molecule has 1 atom stereocenters. The van der Waals surface area contributed by atoms with Crippen molar-refractivity contribution in [3.8, 4) is 17.7 Å². The third-order valence-electron chi connectivity index (χ3n) is 8.32. The van der Waals surface area contributed by atoms with Gasteiger partial charge in [-0.25, -0.2) is 9.37 Å². The summed E-state index contributed by atoms with van der Waals surface area (Å²) in [6.45, 7) is 5.56. The summed E-state index contributed by atoms with van der Waals surface area (Å²) in [6.07, 6.45) is 4.78. The predicted octanol–water partition coefficient (Wildman–Crippen LogP) is 2.78. The predicted molar refractivity (Wildman–Crippen MR) is 146 cm³/mol. The number of nitrogens with zero attached hydrogens (tertiary/aromatic N) is 5. The molecule has 0 radical (unpaired) electrons. The second-order valence-corrected chi connectivity index (χ2v) is 10.8. The van der Waals surface area contributed by atoms with Gasteiger partial charge in [0, 0.05) is 57.0 Å². The number of carbonyl (C=O) groups excluding carboxylic acids is 1. The molecule has 10 nitrogen and oxygen atoms in total. The molecule has 3 saturated heterocycles. The summed E-state index contributed by atoms with van der Waals surface area (Å²) in [7, 11) is 1.50. The Bertz CT molecular complexity index is 1370. The lowest BCUT2D eigenvalue weighted by Gasteiger charge is -2.40. The highest BCUT2D eigenvalue weighted by Gasteiger charge is 2.31. The van der Waals surface area contributed by atoms with Crippen molar-refractivity contribution in [1.82, 2.24) is 19.8 Å². The number of ether oxygens (including phenoxy) is 4. The molecule has 1 aromatic heterocycles. The Kier molecular flexibility index (Phi) is 8.14. The Balaban J connectivity index is 1.20. The van der Waals surface area contributed by atoms with Crippen LogP contribution in [0.3, 0.4) is 0 Å². The Morgan fingerprint density at radius 1 is 1.12 bits per heavy atom.